The van der Waals surface area contributed by atoms with Crippen molar-refractivity contribution in [2.24, 2.45) is 0 Å². The largest absolute Gasteiger partial charge is 0.299 e. The van der Waals surface area contributed by atoms with Crippen molar-refractivity contribution in [3.05, 3.63) is 77.9 Å². The topological polar surface area (TPSA) is 66.4 Å². The maximum absolute atomic E-state index is 10.8. The molecule has 3 aromatic carbocycles. The summed E-state index contributed by atoms with van der Waals surface area (Å²) in [5, 5.41) is 5.09. The molecule has 0 aromatic heterocycles. The van der Waals surface area contributed by atoms with Crippen LogP contribution in [0.25, 0.3) is 10.8 Å². The van der Waals surface area contributed by atoms with E-state index in [-0.39, 0.29) is 4.90 Å². The molecule has 0 heterocycles. The molecule has 0 saturated carbocycles. The van der Waals surface area contributed by atoms with Gasteiger partial charge in [-0.2, -0.15) is 8.42 Å². The van der Waals surface area contributed by atoms with Crippen molar-refractivity contribution in [1.82, 2.24) is 5.32 Å². The first-order valence-electron chi connectivity index (χ1n) is 8.70. The van der Waals surface area contributed by atoms with E-state index in [1.54, 1.807) is 12.1 Å². The fourth-order valence-electron chi connectivity index (χ4n) is 3.28. The van der Waals surface area contributed by atoms with Gasteiger partial charge in [0.1, 0.15) is 0 Å². The Balaban J connectivity index is 0.000000156. The third-order valence-electron chi connectivity index (χ3n) is 4.60. The second-order valence-corrected chi connectivity index (χ2v) is 7.78. The van der Waals surface area contributed by atoms with Gasteiger partial charge >= 0.3 is 0 Å². The zero-order valence-corrected chi connectivity index (χ0v) is 15.6. The molecule has 2 N–H and O–H groups in total. The van der Waals surface area contributed by atoms with Crippen LogP contribution < -0.4 is 5.32 Å². The van der Waals surface area contributed by atoms with E-state index in [1.165, 1.54) is 36.1 Å². The summed E-state index contributed by atoms with van der Waals surface area (Å²) in [4.78, 5) is -0.0730. The minimum Gasteiger partial charge on any atom is -0.299 e. The normalized spacial score (nSPS) is 15.5. The van der Waals surface area contributed by atoms with Crippen molar-refractivity contribution in [2.45, 2.75) is 23.8 Å². The van der Waals surface area contributed by atoms with Gasteiger partial charge in [0.15, 0.2) is 0 Å². The van der Waals surface area contributed by atoms with Crippen molar-refractivity contribution < 1.29 is 13.0 Å². The molecular formula is C22H21NO3S. The Morgan fingerprint density at radius 2 is 1.74 bits per heavy atom. The van der Waals surface area contributed by atoms with E-state index in [9.17, 15) is 8.42 Å². The molecule has 5 heteroatoms. The molecule has 1 aliphatic rings. The minimum atomic E-state index is -4.09. The predicted octanol–water partition coefficient (Wildman–Crippen LogP) is 3.98. The fourth-order valence-corrected chi connectivity index (χ4v) is 3.80. The van der Waals surface area contributed by atoms with Gasteiger partial charge in [0, 0.05) is 6.04 Å². The number of nitrogens with one attached hydrogen (secondary N) is 1. The number of hydrogen-bond donors (Lipinski definition) is 2. The second-order valence-electron chi connectivity index (χ2n) is 6.36. The van der Waals surface area contributed by atoms with Crippen molar-refractivity contribution in [1.29, 1.82) is 0 Å². The average Bonchev–Trinajstić information content (AvgIpc) is 3.09. The minimum absolute atomic E-state index is 0.0730. The first kappa shape index (κ1) is 19.1. The summed E-state index contributed by atoms with van der Waals surface area (Å²) in [7, 11) is -4.09. The van der Waals surface area contributed by atoms with E-state index >= 15 is 0 Å². The molecule has 27 heavy (non-hydrogen) atoms. The Kier molecular flexibility index (Phi) is 5.92. The van der Waals surface area contributed by atoms with Crippen LogP contribution in [0.4, 0.5) is 0 Å². The average molecular weight is 379 g/mol. The van der Waals surface area contributed by atoms with Crippen LogP contribution in [0.2, 0.25) is 0 Å². The van der Waals surface area contributed by atoms with Gasteiger partial charge in [-0.3, -0.25) is 9.87 Å². The Morgan fingerprint density at radius 1 is 1.04 bits per heavy atom. The SMILES string of the molecule is C#CCN[C@@H]1CCc2ccccc21.O=S(=O)(O)c1ccc2ccccc2c1. The van der Waals surface area contributed by atoms with E-state index in [1.807, 2.05) is 18.2 Å². The second kappa shape index (κ2) is 8.36. The van der Waals surface area contributed by atoms with E-state index in [0.29, 0.717) is 12.6 Å². The van der Waals surface area contributed by atoms with Gasteiger partial charge in [0.05, 0.1) is 11.4 Å². The summed E-state index contributed by atoms with van der Waals surface area (Å²) in [5.41, 5.74) is 2.90. The zero-order valence-electron chi connectivity index (χ0n) is 14.8. The Bertz CT molecular complexity index is 1080. The van der Waals surface area contributed by atoms with Gasteiger partial charge < -0.3 is 0 Å². The van der Waals surface area contributed by atoms with Gasteiger partial charge in [0.25, 0.3) is 10.1 Å². The number of aryl methyl sites for hydroxylation is 1. The van der Waals surface area contributed by atoms with E-state index in [0.717, 1.165) is 10.8 Å². The summed E-state index contributed by atoms with van der Waals surface area (Å²) in [6.07, 6.45) is 7.57. The first-order valence-corrected chi connectivity index (χ1v) is 10.1. The van der Waals surface area contributed by atoms with Crippen LogP contribution >= 0.6 is 0 Å². The molecule has 0 unspecified atom stereocenters. The third-order valence-corrected chi connectivity index (χ3v) is 5.45. The summed E-state index contributed by atoms with van der Waals surface area (Å²) >= 11 is 0. The summed E-state index contributed by atoms with van der Waals surface area (Å²) in [6, 6.07) is 20.9. The molecule has 0 spiro atoms. The Morgan fingerprint density at radius 3 is 2.48 bits per heavy atom. The fraction of sp³-hybridized carbons (Fsp3) is 0.182. The molecule has 1 aliphatic carbocycles. The lowest BCUT2D eigenvalue weighted by atomic mass is 10.1. The number of rotatable bonds is 3. The summed E-state index contributed by atoms with van der Waals surface area (Å²) in [6.45, 7) is 0.666. The van der Waals surface area contributed by atoms with Crippen LogP contribution in [-0.4, -0.2) is 19.5 Å². The van der Waals surface area contributed by atoms with Crippen LogP contribution in [0.5, 0.6) is 0 Å². The molecule has 1 atom stereocenters. The van der Waals surface area contributed by atoms with Gasteiger partial charge in [-0.05, 0) is 46.9 Å². The predicted molar refractivity (Wildman–Crippen MR) is 108 cm³/mol. The molecule has 4 rings (SSSR count). The number of benzene rings is 3. The lowest BCUT2D eigenvalue weighted by Gasteiger charge is -2.10. The highest BCUT2D eigenvalue weighted by molar-refractivity contribution is 7.85. The van der Waals surface area contributed by atoms with Crippen molar-refractivity contribution in [3.8, 4) is 12.3 Å². The smallest absolute Gasteiger partial charge is 0.294 e. The van der Waals surface area contributed by atoms with Crippen LogP contribution in [0.1, 0.15) is 23.6 Å². The molecule has 138 valence electrons. The Hall–Kier alpha value is -2.65. The molecule has 0 saturated heterocycles. The molecule has 4 nitrogen and oxygen atoms in total. The number of terminal acetylenes is 1. The first-order chi connectivity index (χ1) is 13.0. The summed E-state index contributed by atoms with van der Waals surface area (Å²) < 4.78 is 30.5. The van der Waals surface area contributed by atoms with E-state index in [4.69, 9.17) is 11.0 Å². The van der Waals surface area contributed by atoms with Gasteiger partial charge in [-0.1, -0.05) is 60.5 Å². The molecule has 0 amide bonds. The highest BCUT2D eigenvalue weighted by Crippen LogP contribution is 2.30. The quantitative estimate of drug-likeness (QED) is 0.534. The van der Waals surface area contributed by atoms with Crippen LogP contribution in [0, 0.1) is 12.3 Å². The van der Waals surface area contributed by atoms with Gasteiger partial charge in [-0.25, -0.2) is 0 Å². The van der Waals surface area contributed by atoms with E-state index in [2.05, 4.69) is 35.5 Å². The highest BCUT2D eigenvalue weighted by atomic mass is 32.2. The number of hydrogen-bond acceptors (Lipinski definition) is 3. The maximum atomic E-state index is 10.8. The third kappa shape index (κ3) is 4.75. The lowest BCUT2D eigenvalue weighted by molar-refractivity contribution is 0.483. The molecule has 3 aromatic rings. The molecule has 0 radical (unpaired) electrons. The molecule has 0 bridgehead atoms. The Labute approximate surface area is 160 Å². The van der Waals surface area contributed by atoms with Crippen LogP contribution in [0.15, 0.2) is 71.6 Å². The zero-order chi connectivity index (χ0) is 19.3. The standard InChI is InChI=1S/C12H13N.C10H8O3S/c1-2-9-13-12-8-7-10-5-3-4-6-11(10)12;11-14(12,13)10-6-5-8-3-1-2-4-9(8)7-10/h1,3-6,12-13H,7-9H2;1-7H,(H,11,12,13)/t12-;/m1./s1. The maximum Gasteiger partial charge on any atom is 0.294 e. The number of fused-ring (bicyclic) bond motifs is 2. The summed E-state index contributed by atoms with van der Waals surface area (Å²) in [5.74, 6) is 2.61. The molecular weight excluding hydrogens is 358 g/mol. The lowest BCUT2D eigenvalue weighted by Crippen LogP contribution is -2.19. The highest BCUT2D eigenvalue weighted by Gasteiger charge is 2.20. The van der Waals surface area contributed by atoms with Crippen molar-refractivity contribution in [3.63, 3.8) is 0 Å². The monoisotopic (exact) mass is 379 g/mol. The van der Waals surface area contributed by atoms with Gasteiger partial charge in [-0.15, -0.1) is 6.42 Å². The van der Waals surface area contributed by atoms with E-state index < -0.39 is 10.1 Å². The van der Waals surface area contributed by atoms with Crippen LogP contribution in [0.3, 0.4) is 0 Å². The molecule has 0 aliphatic heterocycles. The molecule has 0 fully saturated rings. The van der Waals surface area contributed by atoms with Crippen LogP contribution in [-0.2, 0) is 16.5 Å². The van der Waals surface area contributed by atoms with Gasteiger partial charge in [0.2, 0.25) is 0 Å². The van der Waals surface area contributed by atoms with Crippen molar-refractivity contribution in [2.75, 3.05) is 6.54 Å². The van der Waals surface area contributed by atoms with Crippen molar-refractivity contribution >= 4 is 20.9 Å².